The molecule has 0 aromatic heterocycles. The molecule has 2 N–H and O–H groups in total. The van der Waals surface area contributed by atoms with Crippen molar-refractivity contribution in [1.82, 2.24) is 4.90 Å². The first kappa shape index (κ1) is 21.7. The van der Waals surface area contributed by atoms with Crippen molar-refractivity contribution < 1.29 is 9.59 Å². The van der Waals surface area contributed by atoms with Crippen molar-refractivity contribution in [3.63, 3.8) is 0 Å². The number of carbonyl (C=O) groups excluding carboxylic acids is 2. The van der Waals surface area contributed by atoms with Crippen molar-refractivity contribution in [1.29, 1.82) is 0 Å². The maximum Gasteiger partial charge on any atom is 0.253 e. The first-order valence-electron chi connectivity index (χ1n) is 10.9. The molecule has 1 saturated heterocycles. The van der Waals surface area contributed by atoms with Gasteiger partial charge in [-0.15, -0.1) is 0 Å². The molecular formula is C24H32N4O2. The molecule has 3 rings (SSSR count). The fraction of sp³-hybridized carbons (Fsp3) is 0.417. The second-order valence-corrected chi connectivity index (χ2v) is 7.52. The third-order valence-electron chi connectivity index (χ3n) is 5.51. The Hall–Kier alpha value is -3.02. The molecule has 160 valence electrons. The molecule has 2 amide bonds. The smallest absolute Gasteiger partial charge is 0.253 e. The SMILES string of the molecule is CCN(CC)C(=O)c1ccc(NC(=O)CNc2ccccc2N2CCCCC2)cc1. The van der Waals surface area contributed by atoms with Gasteiger partial charge in [0.15, 0.2) is 0 Å². The zero-order valence-corrected chi connectivity index (χ0v) is 18.0. The molecule has 0 saturated carbocycles. The number of carbonyl (C=O) groups is 2. The Morgan fingerprint density at radius 2 is 1.60 bits per heavy atom. The Labute approximate surface area is 179 Å². The summed E-state index contributed by atoms with van der Waals surface area (Å²) in [7, 11) is 0. The fourth-order valence-corrected chi connectivity index (χ4v) is 3.80. The number of piperidine rings is 1. The van der Waals surface area contributed by atoms with Crippen LogP contribution in [0.4, 0.5) is 17.1 Å². The number of nitrogens with zero attached hydrogens (tertiary/aromatic N) is 2. The first-order valence-corrected chi connectivity index (χ1v) is 10.9. The van der Waals surface area contributed by atoms with Crippen LogP contribution in [0.25, 0.3) is 0 Å². The van der Waals surface area contributed by atoms with Crippen LogP contribution in [-0.2, 0) is 4.79 Å². The molecule has 6 heteroatoms. The molecule has 0 bridgehead atoms. The van der Waals surface area contributed by atoms with E-state index in [4.69, 9.17) is 0 Å². The number of hydrogen-bond acceptors (Lipinski definition) is 4. The van der Waals surface area contributed by atoms with Crippen LogP contribution >= 0.6 is 0 Å². The molecule has 0 aliphatic carbocycles. The average Bonchev–Trinajstić information content (AvgIpc) is 2.80. The monoisotopic (exact) mass is 408 g/mol. The van der Waals surface area contributed by atoms with Crippen LogP contribution in [0, 0.1) is 0 Å². The maximum absolute atomic E-state index is 12.4. The number of nitrogens with one attached hydrogen (secondary N) is 2. The van der Waals surface area contributed by atoms with Crippen molar-refractivity contribution in [2.24, 2.45) is 0 Å². The number of amides is 2. The summed E-state index contributed by atoms with van der Waals surface area (Å²) >= 11 is 0. The van der Waals surface area contributed by atoms with E-state index in [0.717, 1.165) is 24.5 Å². The van der Waals surface area contributed by atoms with Crippen molar-refractivity contribution in [3.05, 3.63) is 54.1 Å². The summed E-state index contributed by atoms with van der Waals surface area (Å²) in [4.78, 5) is 29.0. The van der Waals surface area contributed by atoms with Crippen molar-refractivity contribution in [2.45, 2.75) is 33.1 Å². The molecule has 1 aliphatic rings. The van der Waals surface area contributed by atoms with Crippen LogP contribution in [0.1, 0.15) is 43.5 Å². The Bertz CT molecular complexity index is 841. The molecule has 0 unspecified atom stereocenters. The van der Waals surface area contributed by atoms with Crippen molar-refractivity contribution >= 4 is 28.9 Å². The molecule has 0 spiro atoms. The molecule has 1 heterocycles. The van der Waals surface area contributed by atoms with Gasteiger partial charge in [0.2, 0.25) is 5.91 Å². The molecule has 6 nitrogen and oxygen atoms in total. The van der Waals surface area contributed by atoms with Gasteiger partial charge in [-0.05, 0) is 69.5 Å². The highest BCUT2D eigenvalue weighted by Gasteiger charge is 2.15. The third kappa shape index (κ3) is 5.53. The van der Waals surface area contributed by atoms with Gasteiger partial charge >= 0.3 is 0 Å². The van der Waals surface area contributed by atoms with Crippen LogP contribution < -0.4 is 15.5 Å². The number of anilines is 3. The fourth-order valence-electron chi connectivity index (χ4n) is 3.80. The van der Waals surface area contributed by atoms with E-state index in [-0.39, 0.29) is 18.4 Å². The van der Waals surface area contributed by atoms with E-state index in [0.29, 0.717) is 24.3 Å². The Morgan fingerprint density at radius 1 is 0.933 bits per heavy atom. The highest BCUT2D eigenvalue weighted by Crippen LogP contribution is 2.28. The standard InChI is InChI=1S/C24H32N4O2/c1-3-27(4-2)24(30)19-12-14-20(15-13-19)26-23(29)18-25-21-10-6-7-11-22(21)28-16-8-5-9-17-28/h6-7,10-15,25H,3-5,8-9,16-18H2,1-2H3,(H,26,29). The first-order chi connectivity index (χ1) is 14.6. The van der Waals surface area contributed by atoms with E-state index in [1.807, 2.05) is 32.0 Å². The Balaban J connectivity index is 1.56. The summed E-state index contributed by atoms with van der Waals surface area (Å²) in [5.74, 6) is -0.111. The van der Waals surface area contributed by atoms with Crippen molar-refractivity contribution in [3.8, 4) is 0 Å². The molecular weight excluding hydrogens is 376 g/mol. The highest BCUT2D eigenvalue weighted by atomic mass is 16.2. The van der Waals surface area contributed by atoms with Gasteiger partial charge in [0.05, 0.1) is 17.9 Å². The summed E-state index contributed by atoms with van der Waals surface area (Å²) in [5.41, 5.74) is 3.45. The molecule has 30 heavy (non-hydrogen) atoms. The highest BCUT2D eigenvalue weighted by molar-refractivity contribution is 5.97. The predicted molar refractivity (Wildman–Crippen MR) is 123 cm³/mol. The number of rotatable bonds is 8. The number of hydrogen-bond donors (Lipinski definition) is 2. The minimum atomic E-state index is -0.119. The maximum atomic E-state index is 12.4. The van der Waals surface area contributed by atoms with Gasteiger partial charge in [0.25, 0.3) is 5.91 Å². The number of para-hydroxylation sites is 2. The third-order valence-corrected chi connectivity index (χ3v) is 5.51. The summed E-state index contributed by atoms with van der Waals surface area (Å²) < 4.78 is 0. The normalized spacial score (nSPS) is 13.6. The molecule has 1 fully saturated rings. The lowest BCUT2D eigenvalue weighted by Crippen LogP contribution is -2.30. The van der Waals surface area contributed by atoms with Gasteiger partial charge in [-0.1, -0.05) is 12.1 Å². The van der Waals surface area contributed by atoms with E-state index in [1.54, 1.807) is 29.2 Å². The topological polar surface area (TPSA) is 64.7 Å². The van der Waals surface area contributed by atoms with E-state index in [9.17, 15) is 9.59 Å². The quantitative estimate of drug-likeness (QED) is 0.687. The van der Waals surface area contributed by atoms with Crippen molar-refractivity contribution in [2.75, 3.05) is 48.3 Å². The van der Waals surface area contributed by atoms with Gasteiger partial charge < -0.3 is 20.4 Å². The summed E-state index contributed by atoms with van der Waals surface area (Å²) in [6, 6.07) is 15.2. The molecule has 0 radical (unpaired) electrons. The van der Waals surface area contributed by atoms with Crippen LogP contribution in [-0.4, -0.2) is 49.4 Å². The lowest BCUT2D eigenvalue weighted by molar-refractivity contribution is -0.114. The largest absolute Gasteiger partial charge is 0.374 e. The van der Waals surface area contributed by atoms with Gasteiger partial charge in [-0.2, -0.15) is 0 Å². The minimum Gasteiger partial charge on any atom is -0.374 e. The van der Waals surface area contributed by atoms with E-state index in [1.165, 1.54) is 19.3 Å². The molecule has 2 aromatic carbocycles. The second kappa shape index (κ2) is 10.7. The molecule has 2 aromatic rings. The second-order valence-electron chi connectivity index (χ2n) is 7.52. The van der Waals surface area contributed by atoms with E-state index in [2.05, 4.69) is 21.6 Å². The van der Waals surface area contributed by atoms with Crippen LogP contribution in [0.2, 0.25) is 0 Å². The summed E-state index contributed by atoms with van der Waals surface area (Å²) in [5, 5.41) is 6.17. The molecule has 0 atom stereocenters. The minimum absolute atomic E-state index is 0.00821. The van der Waals surface area contributed by atoms with Gasteiger partial charge in [-0.3, -0.25) is 9.59 Å². The average molecular weight is 409 g/mol. The van der Waals surface area contributed by atoms with Gasteiger partial charge in [0, 0.05) is 37.4 Å². The molecule has 1 aliphatic heterocycles. The Morgan fingerprint density at radius 3 is 2.27 bits per heavy atom. The number of benzene rings is 2. The van der Waals surface area contributed by atoms with E-state index >= 15 is 0 Å². The zero-order valence-electron chi connectivity index (χ0n) is 18.0. The summed E-state index contributed by atoms with van der Waals surface area (Å²) in [6.07, 6.45) is 3.71. The van der Waals surface area contributed by atoms with Gasteiger partial charge in [-0.25, -0.2) is 0 Å². The summed E-state index contributed by atoms with van der Waals surface area (Å²) in [6.45, 7) is 7.59. The van der Waals surface area contributed by atoms with Gasteiger partial charge in [0.1, 0.15) is 0 Å². The predicted octanol–water partition coefficient (Wildman–Crippen LogP) is 4.21. The van der Waals surface area contributed by atoms with Crippen LogP contribution in [0.5, 0.6) is 0 Å². The Kier molecular flexibility index (Phi) is 7.71. The lowest BCUT2D eigenvalue weighted by atomic mass is 10.1. The zero-order chi connectivity index (χ0) is 21.3. The van der Waals surface area contributed by atoms with Crippen LogP contribution in [0.3, 0.4) is 0 Å². The van der Waals surface area contributed by atoms with E-state index < -0.39 is 0 Å². The lowest BCUT2D eigenvalue weighted by Gasteiger charge is -2.30. The van der Waals surface area contributed by atoms with Crippen LogP contribution in [0.15, 0.2) is 48.5 Å².